The van der Waals surface area contributed by atoms with Crippen LogP contribution in [0.4, 0.5) is 11.4 Å². The average Bonchev–Trinajstić information content (AvgIpc) is 3.29. The molecule has 3 aromatic carbocycles. The van der Waals surface area contributed by atoms with Gasteiger partial charge in [0.25, 0.3) is 17.5 Å². The van der Waals surface area contributed by atoms with Crippen LogP contribution in [0.3, 0.4) is 0 Å². The van der Waals surface area contributed by atoms with Gasteiger partial charge in [-0.3, -0.25) is 25.1 Å². The van der Waals surface area contributed by atoms with E-state index in [1.165, 1.54) is 18.2 Å². The third kappa shape index (κ3) is 3.66. The molecule has 0 bridgehead atoms. The lowest BCUT2D eigenvalue weighted by atomic mass is 10.0. The fraction of sp³-hybridized carbons (Fsp3) is 0.0909. The smallest absolute Gasteiger partial charge is 0.288 e. The minimum atomic E-state index is -0.929. The van der Waals surface area contributed by atoms with Gasteiger partial charge in [0.2, 0.25) is 6.79 Å². The topological polar surface area (TPSA) is 123 Å². The van der Waals surface area contributed by atoms with E-state index in [1.54, 1.807) is 42.5 Å². The van der Waals surface area contributed by atoms with Gasteiger partial charge < -0.3 is 14.8 Å². The average molecular weight is 467 g/mol. The first-order chi connectivity index (χ1) is 15.9. The van der Waals surface area contributed by atoms with Crippen molar-refractivity contribution in [3.63, 3.8) is 0 Å². The number of carbonyl (C=O) groups excluding carboxylic acids is 2. The minimum absolute atomic E-state index is 0.0396. The van der Waals surface area contributed by atoms with Crippen molar-refractivity contribution in [1.82, 2.24) is 10.4 Å². The van der Waals surface area contributed by atoms with Crippen LogP contribution in [0.5, 0.6) is 11.5 Å². The van der Waals surface area contributed by atoms with Gasteiger partial charge in [0, 0.05) is 22.9 Å². The lowest BCUT2D eigenvalue weighted by molar-refractivity contribution is -0.384. The number of nitro benzene ring substituents is 1. The van der Waals surface area contributed by atoms with Crippen LogP contribution in [0.25, 0.3) is 0 Å². The standard InChI is InChI=1S/C22H15ClN4O6/c23-15-7-5-12(9-17(15)27(30)31)20-24-16-4-2-1-3-14(16)22(29)26(20)25-21(28)13-6-8-18-19(10-13)33-11-32-18/h1-10,20,24H,11H2,(H,25,28)/t20-/m0/s1. The van der Waals surface area contributed by atoms with Crippen LogP contribution in [-0.2, 0) is 0 Å². The summed E-state index contributed by atoms with van der Waals surface area (Å²) in [7, 11) is 0. The van der Waals surface area contributed by atoms with Crippen molar-refractivity contribution in [2.24, 2.45) is 0 Å². The quantitative estimate of drug-likeness (QED) is 0.441. The number of para-hydroxylation sites is 1. The first-order valence-electron chi connectivity index (χ1n) is 9.76. The van der Waals surface area contributed by atoms with Crippen LogP contribution >= 0.6 is 11.6 Å². The number of nitro groups is 1. The van der Waals surface area contributed by atoms with Gasteiger partial charge in [-0.25, -0.2) is 5.01 Å². The molecule has 2 amide bonds. The van der Waals surface area contributed by atoms with Crippen molar-refractivity contribution in [1.29, 1.82) is 0 Å². The first-order valence-corrected chi connectivity index (χ1v) is 10.1. The highest BCUT2D eigenvalue weighted by atomic mass is 35.5. The number of carbonyl (C=O) groups is 2. The number of rotatable bonds is 4. The number of benzene rings is 3. The Balaban J connectivity index is 1.52. The molecule has 2 aliphatic rings. The number of nitrogens with zero attached hydrogens (tertiary/aromatic N) is 2. The molecule has 166 valence electrons. The number of halogens is 1. The van der Waals surface area contributed by atoms with E-state index >= 15 is 0 Å². The molecular weight excluding hydrogens is 452 g/mol. The predicted octanol–water partition coefficient (Wildman–Crippen LogP) is 3.89. The Kier molecular flexibility index (Phi) is 4.98. The summed E-state index contributed by atoms with van der Waals surface area (Å²) in [4.78, 5) is 37.1. The summed E-state index contributed by atoms with van der Waals surface area (Å²) in [5, 5.41) is 15.6. The van der Waals surface area contributed by atoms with E-state index < -0.39 is 22.9 Å². The lowest BCUT2D eigenvalue weighted by Crippen LogP contribution is -2.52. The second-order valence-electron chi connectivity index (χ2n) is 7.24. The molecule has 10 nitrogen and oxygen atoms in total. The number of nitrogens with one attached hydrogen (secondary N) is 2. The fourth-order valence-corrected chi connectivity index (χ4v) is 3.84. The molecule has 11 heteroatoms. The predicted molar refractivity (Wildman–Crippen MR) is 117 cm³/mol. The number of fused-ring (bicyclic) bond motifs is 2. The molecule has 0 radical (unpaired) electrons. The maximum atomic E-state index is 13.3. The molecule has 0 unspecified atom stereocenters. The summed E-state index contributed by atoms with van der Waals surface area (Å²) in [6, 6.07) is 15.6. The molecule has 0 spiro atoms. The second-order valence-corrected chi connectivity index (χ2v) is 7.65. The van der Waals surface area contributed by atoms with Gasteiger partial charge in [0.05, 0.1) is 10.5 Å². The summed E-state index contributed by atoms with van der Waals surface area (Å²) >= 11 is 5.95. The molecule has 0 aromatic heterocycles. The third-order valence-corrected chi connectivity index (χ3v) is 5.59. The van der Waals surface area contributed by atoms with Crippen LogP contribution < -0.4 is 20.2 Å². The van der Waals surface area contributed by atoms with Crippen molar-refractivity contribution >= 4 is 34.8 Å². The van der Waals surface area contributed by atoms with Crippen molar-refractivity contribution in [2.75, 3.05) is 12.1 Å². The number of anilines is 1. The van der Waals surface area contributed by atoms with Gasteiger partial charge in [-0.15, -0.1) is 0 Å². The van der Waals surface area contributed by atoms with Crippen molar-refractivity contribution < 1.29 is 24.0 Å². The summed E-state index contributed by atoms with van der Waals surface area (Å²) in [6.07, 6.45) is -0.929. The summed E-state index contributed by atoms with van der Waals surface area (Å²) in [5.41, 5.74) is 3.76. The number of amides is 2. The van der Waals surface area contributed by atoms with Gasteiger partial charge in [0.1, 0.15) is 11.2 Å². The normalized spacial score (nSPS) is 16.1. The van der Waals surface area contributed by atoms with Crippen LogP contribution in [-0.4, -0.2) is 28.5 Å². The van der Waals surface area contributed by atoms with Crippen LogP contribution in [0, 0.1) is 10.1 Å². The van der Waals surface area contributed by atoms with Crippen LogP contribution in [0.15, 0.2) is 60.7 Å². The minimum Gasteiger partial charge on any atom is -0.454 e. The van der Waals surface area contributed by atoms with Gasteiger partial charge in [0.15, 0.2) is 11.5 Å². The molecule has 2 aliphatic heterocycles. The molecule has 2 heterocycles. The zero-order valence-electron chi connectivity index (χ0n) is 16.8. The van der Waals surface area contributed by atoms with Gasteiger partial charge >= 0.3 is 0 Å². The largest absolute Gasteiger partial charge is 0.454 e. The molecule has 0 fully saturated rings. The SMILES string of the molecule is O=C(NN1C(=O)c2ccccc2N[C@@H]1c1ccc(Cl)c([N+](=O)[O-])c1)c1ccc2c(c1)OCO2. The van der Waals surface area contributed by atoms with Gasteiger partial charge in [-0.05, 0) is 36.4 Å². The van der Waals surface area contributed by atoms with E-state index in [1.807, 2.05) is 0 Å². The van der Waals surface area contributed by atoms with Crippen LogP contribution in [0.1, 0.15) is 32.4 Å². The Labute approximate surface area is 191 Å². The Morgan fingerprint density at radius 1 is 1.12 bits per heavy atom. The van der Waals surface area contributed by atoms with E-state index in [0.717, 1.165) is 5.01 Å². The van der Waals surface area contributed by atoms with Gasteiger partial charge in [-0.2, -0.15) is 0 Å². The monoisotopic (exact) mass is 466 g/mol. The second kappa shape index (κ2) is 7.99. The zero-order valence-corrected chi connectivity index (χ0v) is 17.5. The highest BCUT2D eigenvalue weighted by Gasteiger charge is 2.35. The Morgan fingerprint density at radius 2 is 1.91 bits per heavy atom. The fourth-order valence-electron chi connectivity index (χ4n) is 3.65. The summed E-state index contributed by atoms with van der Waals surface area (Å²) < 4.78 is 10.6. The Bertz CT molecular complexity index is 1310. The van der Waals surface area contributed by atoms with Crippen molar-refractivity contribution in [2.45, 2.75) is 6.17 Å². The molecule has 0 aliphatic carbocycles. The Hall–Kier alpha value is -4.31. The molecule has 5 rings (SSSR count). The van der Waals surface area contributed by atoms with E-state index in [2.05, 4.69) is 10.7 Å². The third-order valence-electron chi connectivity index (χ3n) is 5.27. The zero-order chi connectivity index (χ0) is 23.1. The van der Waals surface area contributed by atoms with Crippen LogP contribution in [0.2, 0.25) is 5.02 Å². The van der Waals surface area contributed by atoms with E-state index in [-0.39, 0.29) is 23.1 Å². The van der Waals surface area contributed by atoms with Crippen molar-refractivity contribution in [3.8, 4) is 11.5 Å². The molecule has 3 aromatic rings. The molecule has 1 atom stereocenters. The highest BCUT2D eigenvalue weighted by Crippen LogP contribution is 2.36. The maximum Gasteiger partial charge on any atom is 0.288 e. The van der Waals surface area contributed by atoms with Crippen molar-refractivity contribution in [3.05, 3.63) is 92.5 Å². The Morgan fingerprint density at radius 3 is 2.73 bits per heavy atom. The molecule has 0 saturated heterocycles. The maximum absolute atomic E-state index is 13.3. The van der Waals surface area contributed by atoms with Gasteiger partial charge in [-0.1, -0.05) is 29.8 Å². The molecular formula is C22H15ClN4O6. The van der Waals surface area contributed by atoms with E-state index in [4.69, 9.17) is 21.1 Å². The molecule has 33 heavy (non-hydrogen) atoms. The number of hydrogen-bond acceptors (Lipinski definition) is 7. The molecule has 2 N–H and O–H groups in total. The first kappa shape index (κ1) is 20.6. The van der Waals surface area contributed by atoms with E-state index in [0.29, 0.717) is 28.3 Å². The summed E-state index contributed by atoms with van der Waals surface area (Å²) in [5.74, 6) is -0.124. The highest BCUT2D eigenvalue weighted by molar-refractivity contribution is 6.32. The number of ether oxygens (including phenoxy) is 2. The lowest BCUT2D eigenvalue weighted by Gasteiger charge is -2.37. The number of hydrogen-bond donors (Lipinski definition) is 2. The van der Waals surface area contributed by atoms with E-state index in [9.17, 15) is 19.7 Å². The molecule has 0 saturated carbocycles. The number of hydrazine groups is 1. The summed E-state index contributed by atoms with van der Waals surface area (Å²) in [6.45, 7) is 0.0587.